The molecule has 3 aromatic carbocycles. The molecule has 3 unspecified atom stereocenters. The van der Waals surface area contributed by atoms with E-state index in [4.69, 9.17) is 15.2 Å². The number of para-hydroxylation sites is 2. The van der Waals surface area contributed by atoms with Gasteiger partial charge >= 0.3 is 0 Å². The number of carbonyl (C=O) groups excluding carboxylic acids is 2. The maximum Gasteiger partial charge on any atom is 0.224 e. The Labute approximate surface area is 261 Å². The summed E-state index contributed by atoms with van der Waals surface area (Å²) < 4.78 is 14.8. The van der Waals surface area contributed by atoms with Crippen LogP contribution < -0.4 is 16.4 Å². The normalized spacial score (nSPS) is 18.1. The second-order valence-corrected chi connectivity index (χ2v) is 11.6. The third-order valence-corrected chi connectivity index (χ3v) is 8.49. The van der Waals surface area contributed by atoms with Crippen molar-refractivity contribution in [2.75, 3.05) is 22.1 Å². The fraction of sp³-hybridized carbons (Fsp3) is 0.303. The van der Waals surface area contributed by atoms with Gasteiger partial charge in [-0.25, -0.2) is 4.98 Å². The van der Waals surface area contributed by atoms with E-state index in [1.165, 1.54) is 0 Å². The van der Waals surface area contributed by atoms with E-state index >= 15 is 0 Å². The molecule has 4 aromatic rings. The van der Waals surface area contributed by atoms with Crippen molar-refractivity contribution in [2.45, 2.75) is 55.9 Å². The highest BCUT2D eigenvalue weighted by molar-refractivity contribution is 7.99. The number of hydrogen-bond donors (Lipinski definition) is 4. The average molecular weight is 616 g/mol. The van der Waals surface area contributed by atoms with Crippen molar-refractivity contribution in [1.29, 1.82) is 0 Å². The number of aryl methyl sites for hydroxylation is 1. The van der Waals surface area contributed by atoms with Gasteiger partial charge in [0.15, 0.2) is 11.4 Å². The van der Waals surface area contributed by atoms with Crippen molar-refractivity contribution >= 4 is 40.6 Å². The Morgan fingerprint density at radius 1 is 0.977 bits per heavy atom. The standard InChI is InChI=1S/C33H37N5O5S/c1-38-18-17-35-33(38)44-21-26-19-29(23-11-9-22(20-39)10-12-23)43-32(42-26)24-13-15-25(16-14-24)36-30(40)7-4-8-31(41)37-28-6-3-2-5-27(28)34/h2-3,5-6,9-18,26,29,32,39H,4,7-8,19-21,34H2,1H3,(H,36,40)(H,37,41). The third-order valence-electron chi connectivity index (χ3n) is 7.30. The number of thioether (sulfide) groups is 1. The summed E-state index contributed by atoms with van der Waals surface area (Å²) in [4.78, 5) is 29.2. The van der Waals surface area contributed by atoms with Gasteiger partial charge in [0.1, 0.15) is 0 Å². The Hall–Kier alpha value is -4.16. The van der Waals surface area contributed by atoms with E-state index in [-0.39, 0.29) is 43.5 Å². The topological polar surface area (TPSA) is 141 Å². The molecule has 5 rings (SSSR count). The van der Waals surface area contributed by atoms with Gasteiger partial charge in [-0.3, -0.25) is 9.59 Å². The summed E-state index contributed by atoms with van der Waals surface area (Å²) in [5.74, 6) is 0.348. The van der Waals surface area contributed by atoms with Crippen LogP contribution in [0.1, 0.15) is 54.8 Å². The first kappa shape index (κ1) is 31.3. The van der Waals surface area contributed by atoms with Crippen molar-refractivity contribution in [3.63, 3.8) is 0 Å². The maximum atomic E-state index is 12.5. The highest BCUT2D eigenvalue weighted by Crippen LogP contribution is 2.39. The van der Waals surface area contributed by atoms with Crippen LogP contribution in [0.15, 0.2) is 90.3 Å². The Bertz CT molecular complexity index is 1540. The summed E-state index contributed by atoms with van der Waals surface area (Å²) in [5, 5.41) is 16.0. The molecule has 3 atom stereocenters. The monoisotopic (exact) mass is 615 g/mol. The van der Waals surface area contributed by atoms with Gasteiger partial charge in [-0.1, -0.05) is 60.3 Å². The molecule has 0 aliphatic carbocycles. The Balaban J connectivity index is 1.16. The summed E-state index contributed by atoms with van der Waals surface area (Å²) in [6, 6.07) is 22.3. The third kappa shape index (κ3) is 8.48. The lowest BCUT2D eigenvalue weighted by Crippen LogP contribution is -2.31. The van der Waals surface area contributed by atoms with Crippen LogP contribution in [0.2, 0.25) is 0 Å². The number of ether oxygens (including phenoxy) is 2. The molecule has 10 nitrogen and oxygen atoms in total. The minimum absolute atomic E-state index is 0.0114. The summed E-state index contributed by atoms with van der Waals surface area (Å²) >= 11 is 1.64. The minimum Gasteiger partial charge on any atom is -0.397 e. The molecule has 2 amide bonds. The van der Waals surface area contributed by atoms with Crippen LogP contribution >= 0.6 is 11.8 Å². The fourth-order valence-corrected chi connectivity index (χ4v) is 5.81. The van der Waals surface area contributed by atoms with Gasteiger partial charge in [0.05, 0.1) is 30.2 Å². The van der Waals surface area contributed by atoms with Crippen LogP contribution in [0, 0.1) is 0 Å². The maximum absolute atomic E-state index is 12.5. The molecule has 5 N–H and O–H groups in total. The Kier molecular flexibility index (Phi) is 10.7. The first-order valence-electron chi connectivity index (χ1n) is 14.5. The van der Waals surface area contributed by atoms with Gasteiger partial charge in [0, 0.05) is 55.7 Å². The lowest BCUT2D eigenvalue weighted by molar-refractivity contribution is -0.245. The van der Waals surface area contributed by atoms with Gasteiger partial charge in [-0.15, -0.1) is 0 Å². The molecule has 230 valence electrons. The van der Waals surface area contributed by atoms with Crippen LogP contribution in [-0.4, -0.2) is 38.3 Å². The highest BCUT2D eigenvalue weighted by atomic mass is 32.2. The van der Waals surface area contributed by atoms with Crippen molar-refractivity contribution in [2.24, 2.45) is 7.05 Å². The number of benzene rings is 3. The number of imidazole rings is 1. The Morgan fingerprint density at radius 3 is 2.36 bits per heavy atom. The van der Waals surface area contributed by atoms with Gasteiger partial charge < -0.3 is 35.5 Å². The average Bonchev–Trinajstić information content (AvgIpc) is 3.45. The molecule has 0 bridgehead atoms. The zero-order valence-electron chi connectivity index (χ0n) is 24.5. The molecule has 1 saturated heterocycles. The number of nitrogens with two attached hydrogens (primary N) is 1. The zero-order valence-corrected chi connectivity index (χ0v) is 25.3. The number of anilines is 3. The second kappa shape index (κ2) is 15.0. The van der Waals surface area contributed by atoms with Gasteiger partial charge in [0.25, 0.3) is 0 Å². The van der Waals surface area contributed by atoms with E-state index < -0.39 is 6.29 Å². The van der Waals surface area contributed by atoms with Crippen LogP contribution in [0.3, 0.4) is 0 Å². The lowest BCUT2D eigenvalue weighted by Gasteiger charge is -2.36. The molecule has 1 fully saturated rings. The SMILES string of the molecule is Cn1ccnc1SCC1CC(c2ccc(CO)cc2)OC(c2ccc(NC(=O)CCCC(=O)Nc3ccccc3N)cc2)O1. The number of carbonyl (C=O) groups is 2. The van der Waals surface area contributed by atoms with Gasteiger partial charge in [-0.2, -0.15) is 0 Å². The molecule has 1 aromatic heterocycles. The first-order valence-corrected chi connectivity index (χ1v) is 15.5. The van der Waals surface area contributed by atoms with Crippen molar-refractivity contribution in [3.05, 3.63) is 102 Å². The quantitative estimate of drug-likeness (QED) is 0.120. The van der Waals surface area contributed by atoms with E-state index in [9.17, 15) is 14.7 Å². The van der Waals surface area contributed by atoms with Crippen LogP contribution in [0.5, 0.6) is 0 Å². The summed E-state index contributed by atoms with van der Waals surface area (Å²) in [7, 11) is 1.97. The number of aromatic nitrogens is 2. The van der Waals surface area contributed by atoms with E-state index in [1.54, 1.807) is 42.2 Å². The predicted octanol–water partition coefficient (Wildman–Crippen LogP) is 5.58. The molecule has 44 heavy (non-hydrogen) atoms. The number of nitrogen functional groups attached to an aromatic ring is 1. The molecule has 11 heteroatoms. The molecular weight excluding hydrogens is 578 g/mol. The number of rotatable bonds is 12. The van der Waals surface area contributed by atoms with Gasteiger partial charge in [0.2, 0.25) is 11.8 Å². The lowest BCUT2D eigenvalue weighted by atomic mass is 10.0. The summed E-state index contributed by atoms with van der Waals surface area (Å²) in [6.07, 6.45) is 4.32. The molecular formula is C33H37N5O5S. The van der Waals surface area contributed by atoms with E-state index in [2.05, 4.69) is 15.6 Å². The minimum atomic E-state index is -0.597. The molecule has 0 spiro atoms. The molecule has 1 aliphatic heterocycles. The predicted molar refractivity (Wildman–Crippen MR) is 171 cm³/mol. The number of hydrogen-bond acceptors (Lipinski definition) is 8. The van der Waals surface area contributed by atoms with Crippen molar-refractivity contribution < 1.29 is 24.2 Å². The molecule has 2 heterocycles. The van der Waals surface area contributed by atoms with Crippen LogP contribution in [0.4, 0.5) is 17.1 Å². The molecule has 1 aliphatic rings. The van der Waals surface area contributed by atoms with E-state index in [0.29, 0.717) is 35.7 Å². The largest absolute Gasteiger partial charge is 0.397 e. The second-order valence-electron chi connectivity index (χ2n) is 10.6. The van der Waals surface area contributed by atoms with Crippen LogP contribution in [-0.2, 0) is 32.7 Å². The number of nitrogens with zero attached hydrogens (tertiary/aromatic N) is 2. The van der Waals surface area contributed by atoms with Crippen LogP contribution in [0.25, 0.3) is 0 Å². The number of nitrogens with one attached hydrogen (secondary N) is 2. The first-order chi connectivity index (χ1) is 21.4. The number of aliphatic hydroxyl groups is 1. The number of aliphatic hydroxyl groups excluding tert-OH is 1. The molecule has 0 saturated carbocycles. The Morgan fingerprint density at radius 2 is 1.68 bits per heavy atom. The number of amides is 2. The van der Waals surface area contributed by atoms with Gasteiger partial charge in [-0.05, 0) is 41.8 Å². The van der Waals surface area contributed by atoms with E-state index in [1.807, 2.05) is 66.3 Å². The molecule has 0 radical (unpaired) electrons. The highest BCUT2D eigenvalue weighted by Gasteiger charge is 2.32. The smallest absolute Gasteiger partial charge is 0.224 e. The van der Waals surface area contributed by atoms with Crippen molar-refractivity contribution in [3.8, 4) is 0 Å². The zero-order chi connectivity index (χ0) is 30.9. The summed E-state index contributed by atoms with van der Waals surface area (Å²) in [5.41, 5.74) is 10.3. The van der Waals surface area contributed by atoms with Crippen molar-refractivity contribution in [1.82, 2.24) is 9.55 Å². The fourth-order valence-electron chi connectivity index (χ4n) is 4.86. The summed E-state index contributed by atoms with van der Waals surface area (Å²) in [6.45, 7) is -0.0114. The van der Waals surface area contributed by atoms with E-state index in [0.717, 1.165) is 21.8 Å².